The minimum atomic E-state index is 0.588. The smallest absolute Gasteiger partial charge is 0.165 e. The fourth-order valence-electron chi connectivity index (χ4n) is 2.42. The largest absolute Gasteiger partial charge is 0.493 e. The predicted molar refractivity (Wildman–Crippen MR) is 99.9 cm³/mol. The summed E-state index contributed by atoms with van der Waals surface area (Å²) in [7, 11) is 0. The maximum absolute atomic E-state index is 8.78. The van der Waals surface area contributed by atoms with Gasteiger partial charge in [-0.2, -0.15) is 5.26 Å². The second kappa shape index (κ2) is 8.41. The molecule has 5 heteroatoms. The van der Waals surface area contributed by atoms with Crippen LogP contribution in [0.1, 0.15) is 22.5 Å². The molecule has 1 N–H and O–H groups in total. The van der Waals surface area contributed by atoms with Gasteiger partial charge in [-0.15, -0.1) is 0 Å². The highest BCUT2D eigenvalue weighted by molar-refractivity contribution is 7.99. The monoisotopic (exact) mass is 349 g/mol. The molecular formula is C20H19N3OS. The fourth-order valence-corrected chi connectivity index (χ4v) is 3.18. The average Bonchev–Trinajstić information content (AvgIpc) is 2.99. The Hall–Kier alpha value is -2.71. The molecule has 2 aromatic carbocycles. The van der Waals surface area contributed by atoms with Gasteiger partial charge in [0.25, 0.3) is 0 Å². The molecule has 3 rings (SSSR count). The third kappa shape index (κ3) is 4.88. The maximum Gasteiger partial charge on any atom is 0.165 e. The number of thioether (sulfide) groups is 1. The highest BCUT2D eigenvalue weighted by Crippen LogP contribution is 2.19. The molecule has 0 aliphatic rings. The molecule has 4 nitrogen and oxygen atoms in total. The van der Waals surface area contributed by atoms with E-state index in [-0.39, 0.29) is 0 Å². The molecule has 0 amide bonds. The van der Waals surface area contributed by atoms with Crippen LogP contribution in [0, 0.1) is 18.3 Å². The Balaban J connectivity index is 1.48. The van der Waals surface area contributed by atoms with E-state index in [1.54, 1.807) is 23.9 Å². The summed E-state index contributed by atoms with van der Waals surface area (Å²) in [6.07, 6.45) is 0.839. The van der Waals surface area contributed by atoms with Gasteiger partial charge in [-0.1, -0.05) is 42.1 Å². The van der Waals surface area contributed by atoms with Crippen molar-refractivity contribution in [1.29, 1.82) is 5.26 Å². The van der Waals surface area contributed by atoms with Gasteiger partial charge in [-0.25, -0.2) is 4.98 Å². The first-order valence-corrected chi connectivity index (χ1v) is 9.08. The molecule has 0 spiro atoms. The Morgan fingerprint density at radius 2 is 1.88 bits per heavy atom. The number of aromatic amines is 1. The quantitative estimate of drug-likeness (QED) is 0.509. The van der Waals surface area contributed by atoms with Gasteiger partial charge in [0.15, 0.2) is 5.16 Å². The third-order valence-electron chi connectivity index (χ3n) is 3.75. The maximum atomic E-state index is 8.78. The molecule has 0 fully saturated rings. The van der Waals surface area contributed by atoms with Crippen molar-refractivity contribution in [3.8, 4) is 11.8 Å². The summed E-state index contributed by atoms with van der Waals surface area (Å²) in [5, 5.41) is 9.70. The van der Waals surface area contributed by atoms with Crippen molar-refractivity contribution in [2.24, 2.45) is 0 Å². The number of nitrogens with zero attached hydrogens (tertiary/aromatic N) is 2. The highest BCUT2D eigenvalue weighted by atomic mass is 32.2. The van der Waals surface area contributed by atoms with Gasteiger partial charge >= 0.3 is 0 Å². The number of aryl methyl sites for hydroxylation is 1. The van der Waals surface area contributed by atoms with Crippen molar-refractivity contribution in [2.45, 2.75) is 18.5 Å². The summed E-state index contributed by atoms with van der Waals surface area (Å²) < 4.78 is 5.69. The van der Waals surface area contributed by atoms with Gasteiger partial charge in [0, 0.05) is 17.9 Å². The van der Waals surface area contributed by atoms with E-state index in [1.165, 1.54) is 5.56 Å². The van der Waals surface area contributed by atoms with Crippen molar-refractivity contribution in [3.05, 3.63) is 77.1 Å². The molecule has 0 aliphatic carbocycles. The lowest BCUT2D eigenvalue weighted by atomic mass is 10.1. The SMILES string of the molecule is Cc1[nH]c(SCCOc2ccc(C#N)cc2)nc1Cc1ccccc1. The minimum Gasteiger partial charge on any atom is -0.493 e. The molecule has 3 aromatic rings. The number of aromatic nitrogens is 2. The van der Waals surface area contributed by atoms with E-state index in [9.17, 15) is 0 Å². The zero-order chi connectivity index (χ0) is 17.5. The lowest BCUT2D eigenvalue weighted by Gasteiger charge is -2.04. The zero-order valence-electron chi connectivity index (χ0n) is 14.0. The Kier molecular flexibility index (Phi) is 5.76. The van der Waals surface area contributed by atoms with Gasteiger partial charge in [-0.05, 0) is 36.8 Å². The predicted octanol–water partition coefficient (Wildman–Crippen LogP) is 4.35. The second-order valence-corrected chi connectivity index (χ2v) is 6.69. The zero-order valence-corrected chi connectivity index (χ0v) is 14.8. The molecule has 0 saturated heterocycles. The number of hydrogen-bond donors (Lipinski definition) is 1. The minimum absolute atomic E-state index is 0.588. The molecule has 0 saturated carbocycles. The highest BCUT2D eigenvalue weighted by Gasteiger charge is 2.08. The number of ether oxygens (including phenoxy) is 1. The van der Waals surface area contributed by atoms with Crippen LogP contribution in [0.25, 0.3) is 0 Å². The van der Waals surface area contributed by atoms with E-state index < -0.39 is 0 Å². The fraction of sp³-hybridized carbons (Fsp3) is 0.200. The van der Waals surface area contributed by atoms with E-state index in [1.807, 2.05) is 30.3 Å². The molecule has 25 heavy (non-hydrogen) atoms. The van der Waals surface area contributed by atoms with Crippen LogP contribution in [0.4, 0.5) is 0 Å². The van der Waals surface area contributed by atoms with Crippen molar-refractivity contribution >= 4 is 11.8 Å². The molecule has 0 unspecified atom stereocenters. The van der Waals surface area contributed by atoms with Gasteiger partial charge in [0.1, 0.15) is 5.75 Å². The Bertz CT molecular complexity index is 851. The van der Waals surface area contributed by atoms with Crippen LogP contribution in [-0.4, -0.2) is 22.3 Å². The first-order chi connectivity index (χ1) is 12.2. The molecule has 1 heterocycles. The Morgan fingerprint density at radius 3 is 2.60 bits per heavy atom. The number of imidazole rings is 1. The van der Waals surface area contributed by atoms with E-state index in [0.717, 1.165) is 34.5 Å². The van der Waals surface area contributed by atoms with Crippen LogP contribution in [0.2, 0.25) is 0 Å². The van der Waals surface area contributed by atoms with Gasteiger partial charge in [0.2, 0.25) is 0 Å². The molecule has 0 aliphatic heterocycles. The Labute approximate surface area is 151 Å². The van der Waals surface area contributed by atoms with E-state index in [0.29, 0.717) is 12.2 Å². The number of H-pyrrole nitrogens is 1. The number of benzene rings is 2. The molecule has 0 bridgehead atoms. The van der Waals surface area contributed by atoms with Gasteiger partial charge < -0.3 is 9.72 Å². The van der Waals surface area contributed by atoms with Crippen molar-refractivity contribution in [1.82, 2.24) is 9.97 Å². The van der Waals surface area contributed by atoms with Crippen LogP contribution >= 0.6 is 11.8 Å². The molecule has 126 valence electrons. The first-order valence-electron chi connectivity index (χ1n) is 8.10. The molecule has 0 radical (unpaired) electrons. The van der Waals surface area contributed by atoms with E-state index >= 15 is 0 Å². The van der Waals surface area contributed by atoms with Crippen molar-refractivity contribution < 1.29 is 4.74 Å². The van der Waals surface area contributed by atoms with Gasteiger partial charge in [-0.3, -0.25) is 0 Å². The van der Waals surface area contributed by atoms with Crippen molar-refractivity contribution in [2.75, 3.05) is 12.4 Å². The number of hydrogen-bond acceptors (Lipinski definition) is 4. The third-order valence-corrected chi connectivity index (χ3v) is 4.59. The van der Waals surface area contributed by atoms with Crippen LogP contribution in [-0.2, 0) is 6.42 Å². The summed E-state index contributed by atoms with van der Waals surface area (Å²) in [6.45, 7) is 2.65. The second-order valence-electron chi connectivity index (χ2n) is 5.61. The summed E-state index contributed by atoms with van der Waals surface area (Å²) >= 11 is 1.65. The average molecular weight is 349 g/mol. The van der Waals surface area contributed by atoms with Gasteiger partial charge in [0.05, 0.1) is 23.9 Å². The first kappa shape index (κ1) is 17.1. The van der Waals surface area contributed by atoms with E-state index in [4.69, 9.17) is 10.00 Å². The van der Waals surface area contributed by atoms with Crippen LogP contribution in [0.5, 0.6) is 5.75 Å². The van der Waals surface area contributed by atoms with Crippen LogP contribution < -0.4 is 4.74 Å². The van der Waals surface area contributed by atoms with Crippen LogP contribution in [0.3, 0.4) is 0 Å². The lowest BCUT2D eigenvalue weighted by Crippen LogP contribution is -2.00. The van der Waals surface area contributed by atoms with E-state index in [2.05, 4.69) is 35.1 Å². The van der Waals surface area contributed by atoms with Crippen molar-refractivity contribution in [3.63, 3.8) is 0 Å². The summed E-state index contributed by atoms with van der Waals surface area (Å²) in [5.41, 5.74) is 4.10. The Morgan fingerprint density at radius 1 is 1.12 bits per heavy atom. The summed E-state index contributed by atoms with van der Waals surface area (Å²) in [6, 6.07) is 19.6. The van der Waals surface area contributed by atoms with Crippen LogP contribution in [0.15, 0.2) is 59.8 Å². The normalized spacial score (nSPS) is 10.4. The molecular weight excluding hydrogens is 330 g/mol. The number of rotatable bonds is 7. The summed E-state index contributed by atoms with van der Waals surface area (Å²) in [5.74, 6) is 1.58. The lowest BCUT2D eigenvalue weighted by molar-refractivity contribution is 0.344. The molecule has 1 aromatic heterocycles. The topological polar surface area (TPSA) is 61.7 Å². The number of nitriles is 1. The standard InChI is InChI=1S/C20H19N3OS/c1-15-19(13-16-5-3-2-4-6-16)23-20(22-15)25-12-11-24-18-9-7-17(14-21)8-10-18/h2-10H,11-13H2,1H3,(H,22,23). The summed E-state index contributed by atoms with van der Waals surface area (Å²) in [4.78, 5) is 8.03. The molecule has 0 atom stereocenters. The number of nitrogens with one attached hydrogen (secondary N) is 1.